The van der Waals surface area contributed by atoms with E-state index in [0.29, 0.717) is 17.7 Å². The summed E-state index contributed by atoms with van der Waals surface area (Å²) in [4.78, 5) is 28.1. The summed E-state index contributed by atoms with van der Waals surface area (Å²) in [5, 5.41) is 2.91. The van der Waals surface area contributed by atoms with Gasteiger partial charge in [0.15, 0.2) is 6.61 Å². The van der Waals surface area contributed by atoms with Gasteiger partial charge in [-0.3, -0.25) is 9.59 Å². The molecule has 0 aliphatic heterocycles. The number of aryl methyl sites for hydroxylation is 1. The smallest absolute Gasteiger partial charge is 0.261 e. The minimum absolute atomic E-state index is 0.0499. The molecule has 0 saturated heterocycles. The fourth-order valence-electron chi connectivity index (χ4n) is 3.68. The van der Waals surface area contributed by atoms with Crippen LogP contribution in [0.5, 0.6) is 5.75 Å². The lowest BCUT2D eigenvalue weighted by Gasteiger charge is -2.32. The van der Waals surface area contributed by atoms with E-state index in [1.165, 1.54) is 11.0 Å². The van der Waals surface area contributed by atoms with Crippen molar-refractivity contribution < 1.29 is 18.7 Å². The number of ether oxygens (including phenoxy) is 1. The summed E-state index contributed by atoms with van der Waals surface area (Å²) in [6, 6.07) is 22.2. The molecule has 0 saturated carbocycles. The van der Waals surface area contributed by atoms with Crippen molar-refractivity contribution in [2.75, 3.05) is 6.61 Å². The van der Waals surface area contributed by atoms with Crippen LogP contribution in [0.15, 0.2) is 78.9 Å². The zero-order valence-electron chi connectivity index (χ0n) is 19.8. The van der Waals surface area contributed by atoms with E-state index < -0.39 is 17.8 Å². The number of carbonyl (C=O) groups excluding carboxylic acids is 2. The first-order chi connectivity index (χ1) is 16.3. The van der Waals surface area contributed by atoms with E-state index in [-0.39, 0.29) is 25.1 Å². The van der Waals surface area contributed by atoms with Crippen LogP contribution in [0.3, 0.4) is 0 Å². The molecule has 1 atom stereocenters. The van der Waals surface area contributed by atoms with E-state index in [2.05, 4.69) is 5.32 Å². The van der Waals surface area contributed by atoms with E-state index in [0.717, 1.165) is 11.1 Å². The highest BCUT2D eigenvalue weighted by molar-refractivity contribution is 5.88. The van der Waals surface area contributed by atoms with Gasteiger partial charge in [0.05, 0.1) is 0 Å². The van der Waals surface area contributed by atoms with E-state index in [1.807, 2.05) is 69.3 Å². The summed E-state index contributed by atoms with van der Waals surface area (Å²) >= 11 is 0. The van der Waals surface area contributed by atoms with Gasteiger partial charge in [0.1, 0.15) is 17.6 Å². The maximum Gasteiger partial charge on any atom is 0.261 e. The first kappa shape index (κ1) is 25.0. The fraction of sp³-hybridized carbons (Fsp3) is 0.286. The van der Waals surface area contributed by atoms with Crippen LogP contribution in [0, 0.1) is 12.7 Å². The Kier molecular flexibility index (Phi) is 8.79. The van der Waals surface area contributed by atoms with Crippen LogP contribution < -0.4 is 10.1 Å². The van der Waals surface area contributed by atoms with Crippen LogP contribution in [0.25, 0.3) is 0 Å². The quantitative estimate of drug-likeness (QED) is 0.476. The van der Waals surface area contributed by atoms with Gasteiger partial charge in [0, 0.05) is 24.6 Å². The van der Waals surface area contributed by atoms with Gasteiger partial charge in [-0.15, -0.1) is 0 Å². The first-order valence-corrected chi connectivity index (χ1v) is 11.4. The van der Waals surface area contributed by atoms with Crippen molar-refractivity contribution in [1.82, 2.24) is 10.2 Å². The van der Waals surface area contributed by atoms with Crippen LogP contribution in [0.4, 0.5) is 4.39 Å². The van der Waals surface area contributed by atoms with Crippen molar-refractivity contribution in [3.8, 4) is 5.75 Å². The Hall–Kier alpha value is -3.67. The van der Waals surface area contributed by atoms with Crippen molar-refractivity contribution in [3.05, 3.63) is 101 Å². The van der Waals surface area contributed by atoms with Crippen molar-refractivity contribution in [2.24, 2.45) is 0 Å². The summed E-state index contributed by atoms with van der Waals surface area (Å²) in [7, 11) is 0. The number of hydrogen-bond acceptors (Lipinski definition) is 3. The average Bonchev–Trinajstić information content (AvgIpc) is 2.81. The second-order valence-corrected chi connectivity index (χ2v) is 8.59. The Balaban J connectivity index is 1.92. The zero-order chi connectivity index (χ0) is 24.5. The number of benzene rings is 3. The van der Waals surface area contributed by atoms with Gasteiger partial charge in [-0.05, 0) is 50.1 Å². The maximum absolute atomic E-state index is 14.5. The van der Waals surface area contributed by atoms with Gasteiger partial charge in [-0.2, -0.15) is 0 Å². The summed E-state index contributed by atoms with van der Waals surface area (Å²) in [6.07, 6.45) is 0.296. The Labute approximate surface area is 200 Å². The Morgan fingerprint density at radius 3 is 2.35 bits per heavy atom. The molecule has 0 heterocycles. The Bertz CT molecular complexity index is 1100. The number of nitrogens with one attached hydrogen (secondary N) is 1. The molecular weight excluding hydrogens is 431 g/mol. The minimum Gasteiger partial charge on any atom is -0.484 e. The molecule has 0 aromatic heterocycles. The van der Waals surface area contributed by atoms with Crippen molar-refractivity contribution in [3.63, 3.8) is 0 Å². The molecule has 3 rings (SSSR count). The summed E-state index contributed by atoms with van der Waals surface area (Å²) < 4.78 is 20.3. The van der Waals surface area contributed by atoms with Gasteiger partial charge in [-0.1, -0.05) is 60.7 Å². The predicted molar refractivity (Wildman–Crippen MR) is 131 cm³/mol. The average molecular weight is 463 g/mol. The summed E-state index contributed by atoms with van der Waals surface area (Å²) in [5.41, 5.74) is 2.24. The predicted octanol–water partition coefficient (Wildman–Crippen LogP) is 4.68. The highest BCUT2D eigenvalue weighted by Crippen LogP contribution is 2.18. The first-order valence-electron chi connectivity index (χ1n) is 11.4. The standard InChI is InChI=1S/C28H31FN2O3/c1-20(2)30-28(33)26(17-22-11-5-4-6-12-22)31(18-23-13-7-8-15-25(23)29)27(32)19-34-24-14-9-10-21(3)16-24/h4-16,20,26H,17-19H2,1-3H3,(H,30,33)/t26-/m1/s1. The minimum atomic E-state index is -0.835. The Morgan fingerprint density at radius 2 is 1.68 bits per heavy atom. The van der Waals surface area contributed by atoms with Gasteiger partial charge in [-0.25, -0.2) is 4.39 Å². The maximum atomic E-state index is 14.5. The van der Waals surface area contributed by atoms with Crippen LogP contribution >= 0.6 is 0 Å². The molecule has 3 aromatic carbocycles. The second-order valence-electron chi connectivity index (χ2n) is 8.59. The number of carbonyl (C=O) groups is 2. The SMILES string of the molecule is Cc1cccc(OCC(=O)N(Cc2ccccc2F)[C@H](Cc2ccccc2)C(=O)NC(C)C)c1. The Morgan fingerprint density at radius 1 is 0.971 bits per heavy atom. The molecule has 0 radical (unpaired) electrons. The molecule has 178 valence electrons. The van der Waals surface area contributed by atoms with Gasteiger partial charge < -0.3 is 15.0 Å². The largest absolute Gasteiger partial charge is 0.484 e. The molecule has 0 aliphatic rings. The monoisotopic (exact) mass is 462 g/mol. The lowest BCUT2D eigenvalue weighted by atomic mass is 10.0. The van der Waals surface area contributed by atoms with Gasteiger partial charge in [0.2, 0.25) is 5.91 Å². The van der Waals surface area contributed by atoms with Crippen LogP contribution in [-0.2, 0) is 22.6 Å². The van der Waals surface area contributed by atoms with Gasteiger partial charge in [0.25, 0.3) is 5.91 Å². The lowest BCUT2D eigenvalue weighted by molar-refractivity contribution is -0.143. The third-order valence-electron chi connectivity index (χ3n) is 5.35. The number of amides is 2. The van der Waals surface area contributed by atoms with Crippen molar-refractivity contribution in [2.45, 2.75) is 45.8 Å². The van der Waals surface area contributed by atoms with Crippen LogP contribution in [0.1, 0.15) is 30.5 Å². The molecule has 5 nitrogen and oxygen atoms in total. The van der Waals surface area contributed by atoms with E-state index in [4.69, 9.17) is 4.74 Å². The third kappa shape index (κ3) is 7.17. The molecule has 0 bridgehead atoms. The molecule has 1 N–H and O–H groups in total. The number of nitrogens with zero attached hydrogens (tertiary/aromatic N) is 1. The molecular formula is C28H31FN2O3. The van der Waals surface area contributed by atoms with Crippen LogP contribution in [0.2, 0.25) is 0 Å². The molecule has 2 amide bonds. The van der Waals surface area contributed by atoms with E-state index in [9.17, 15) is 14.0 Å². The van der Waals surface area contributed by atoms with E-state index in [1.54, 1.807) is 24.3 Å². The van der Waals surface area contributed by atoms with Crippen molar-refractivity contribution >= 4 is 11.8 Å². The lowest BCUT2D eigenvalue weighted by Crippen LogP contribution is -2.53. The molecule has 0 aliphatic carbocycles. The molecule has 34 heavy (non-hydrogen) atoms. The molecule has 3 aromatic rings. The molecule has 0 fully saturated rings. The zero-order valence-corrected chi connectivity index (χ0v) is 19.8. The summed E-state index contributed by atoms with van der Waals surface area (Å²) in [6.45, 7) is 5.35. The molecule has 6 heteroatoms. The second kappa shape index (κ2) is 12.0. The number of halogens is 1. The fourth-order valence-corrected chi connectivity index (χ4v) is 3.68. The third-order valence-corrected chi connectivity index (χ3v) is 5.35. The highest BCUT2D eigenvalue weighted by Gasteiger charge is 2.31. The molecule has 0 unspecified atom stereocenters. The van der Waals surface area contributed by atoms with Crippen LogP contribution in [-0.4, -0.2) is 35.4 Å². The van der Waals surface area contributed by atoms with E-state index >= 15 is 0 Å². The van der Waals surface area contributed by atoms with Gasteiger partial charge >= 0.3 is 0 Å². The number of rotatable bonds is 10. The normalized spacial score (nSPS) is 11.7. The number of hydrogen-bond donors (Lipinski definition) is 1. The molecule has 0 spiro atoms. The van der Waals surface area contributed by atoms with Crippen molar-refractivity contribution in [1.29, 1.82) is 0 Å². The topological polar surface area (TPSA) is 58.6 Å². The summed E-state index contributed by atoms with van der Waals surface area (Å²) in [5.74, 6) is -0.559. The highest BCUT2D eigenvalue weighted by atomic mass is 19.1.